The fourth-order valence-corrected chi connectivity index (χ4v) is 2.11. The van der Waals surface area contributed by atoms with E-state index in [-0.39, 0.29) is 11.0 Å². The van der Waals surface area contributed by atoms with E-state index in [0.29, 0.717) is 0 Å². The second-order valence-electron chi connectivity index (χ2n) is 6.09. The summed E-state index contributed by atoms with van der Waals surface area (Å²) in [6.07, 6.45) is -4.42. The highest BCUT2D eigenvalue weighted by Crippen LogP contribution is 2.33. The van der Waals surface area contributed by atoms with E-state index in [1.807, 2.05) is 18.2 Å². The molecule has 0 spiro atoms. The summed E-state index contributed by atoms with van der Waals surface area (Å²) >= 11 is 0. The lowest BCUT2D eigenvalue weighted by molar-refractivity contribution is -0.149. The second kappa shape index (κ2) is 4.77. The molecule has 0 aromatic heterocycles. The summed E-state index contributed by atoms with van der Waals surface area (Å²) in [7, 11) is 0. The summed E-state index contributed by atoms with van der Waals surface area (Å²) in [6, 6.07) is 8.54. The van der Waals surface area contributed by atoms with Crippen LogP contribution >= 0.6 is 0 Å². The van der Waals surface area contributed by atoms with Crippen molar-refractivity contribution in [2.45, 2.75) is 38.4 Å². The summed E-state index contributed by atoms with van der Waals surface area (Å²) in [6.45, 7) is 6.30. The molecule has 2 aromatic rings. The van der Waals surface area contributed by atoms with Crippen molar-refractivity contribution < 1.29 is 13.2 Å². The SMILES string of the molecule is CC(C)(C)c1ccc2cc([C@H](N)C(F)(F)F)ccc2c1. The minimum atomic E-state index is -4.42. The van der Waals surface area contributed by atoms with Crippen molar-refractivity contribution in [1.82, 2.24) is 0 Å². The van der Waals surface area contributed by atoms with Gasteiger partial charge in [0.1, 0.15) is 6.04 Å². The molecule has 0 radical (unpaired) electrons. The van der Waals surface area contributed by atoms with Crippen LogP contribution in [0.4, 0.5) is 13.2 Å². The van der Waals surface area contributed by atoms with Gasteiger partial charge in [0, 0.05) is 0 Å². The van der Waals surface area contributed by atoms with E-state index in [1.54, 1.807) is 6.07 Å². The van der Waals surface area contributed by atoms with Crippen molar-refractivity contribution in [2.24, 2.45) is 5.73 Å². The van der Waals surface area contributed by atoms with Gasteiger partial charge in [-0.05, 0) is 33.4 Å². The predicted molar refractivity (Wildman–Crippen MR) is 75.6 cm³/mol. The first-order valence-electron chi connectivity index (χ1n) is 6.45. The molecule has 1 nitrogen and oxygen atoms in total. The predicted octanol–water partition coefficient (Wildman–Crippen LogP) is 4.70. The minimum absolute atomic E-state index is 0.00916. The Hall–Kier alpha value is -1.55. The van der Waals surface area contributed by atoms with Gasteiger partial charge in [-0.25, -0.2) is 0 Å². The second-order valence-corrected chi connectivity index (χ2v) is 6.09. The van der Waals surface area contributed by atoms with E-state index in [4.69, 9.17) is 5.73 Å². The van der Waals surface area contributed by atoms with Crippen molar-refractivity contribution in [3.05, 3.63) is 47.5 Å². The molecule has 0 aliphatic rings. The van der Waals surface area contributed by atoms with Crippen molar-refractivity contribution in [3.63, 3.8) is 0 Å². The lowest BCUT2D eigenvalue weighted by Crippen LogP contribution is -2.28. The maximum atomic E-state index is 12.6. The molecule has 2 N–H and O–H groups in total. The van der Waals surface area contributed by atoms with Crippen LogP contribution < -0.4 is 5.73 Å². The van der Waals surface area contributed by atoms with E-state index in [0.717, 1.165) is 16.3 Å². The van der Waals surface area contributed by atoms with E-state index in [1.165, 1.54) is 12.1 Å². The monoisotopic (exact) mass is 281 g/mol. The average molecular weight is 281 g/mol. The van der Waals surface area contributed by atoms with E-state index < -0.39 is 12.2 Å². The summed E-state index contributed by atoms with van der Waals surface area (Å²) < 4.78 is 37.9. The Kier molecular flexibility index (Phi) is 3.54. The fraction of sp³-hybridized carbons (Fsp3) is 0.375. The zero-order valence-corrected chi connectivity index (χ0v) is 11.8. The first-order valence-corrected chi connectivity index (χ1v) is 6.45. The number of benzene rings is 2. The molecule has 0 saturated heterocycles. The van der Waals surface area contributed by atoms with Crippen molar-refractivity contribution in [2.75, 3.05) is 0 Å². The largest absolute Gasteiger partial charge is 0.407 e. The van der Waals surface area contributed by atoms with Crippen LogP contribution in [0.1, 0.15) is 37.9 Å². The van der Waals surface area contributed by atoms with Gasteiger partial charge in [0.25, 0.3) is 0 Å². The lowest BCUT2D eigenvalue weighted by Gasteiger charge is -2.20. The molecule has 0 heterocycles. The number of hydrogen-bond acceptors (Lipinski definition) is 1. The highest BCUT2D eigenvalue weighted by atomic mass is 19.4. The van der Waals surface area contributed by atoms with Crippen LogP contribution in [0.2, 0.25) is 0 Å². The Morgan fingerprint density at radius 1 is 0.900 bits per heavy atom. The normalized spacial score (nSPS) is 14.6. The maximum absolute atomic E-state index is 12.6. The summed E-state index contributed by atoms with van der Waals surface area (Å²) in [5, 5.41) is 1.70. The third-order valence-electron chi connectivity index (χ3n) is 3.44. The third kappa shape index (κ3) is 2.96. The van der Waals surface area contributed by atoms with Gasteiger partial charge in [-0.2, -0.15) is 13.2 Å². The molecule has 0 unspecified atom stereocenters. The topological polar surface area (TPSA) is 26.0 Å². The lowest BCUT2D eigenvalue weighted by atomic mass is 9.85. The molecular weight excluding hydrogens is 263 g/mol. The molecule has 0 fully saturated rings. The summed E-state index contributed by atoms with van der Waals surface area (Å²) in [4.78, 5) is 0. The molecule has 108 valence electrons. The Labute approximate surface area is 116 Å². The molecule has 2 aromatic carbocycles. The summed E-state index contributed by atoms with van der Waals surface area (Å²) in [5.74, 6) is 0. The molecule has 0 aliphatic heterocycles. The minimum Gasteiger partial charge on any atom is -0.316 e. The number of alkyl halides is 3. The molecule has 4 heteroatoms. The van der Waals surface area contributed by atoms with Crippen molar-refractivity contribution >= 4 is 10.8 Å². The van der Waals surface area contributed by atoms with Crippen LogP contribution in [-0.2, 0) is 5.41 Å². The smallest absolute Gasteiger partial charge is 0.316 e. The zero-order chi connectivity index (χ0) is 15.1. The van der Waals surface area contributed by atoms with Gasteiger partial charge in [0.05, 0.1) is 0 Å². The Morgan fingerprint density at radius 3 is 2.00 bits per heavy atom. The highest BCUT2D eigenvalue weighted by molar-refractivity contribution is 5.84. The maximum Gasteiger partial charge on any atom is 0.407 e. The van der Waals surface area contributed by atoms with Crippen LogP contribution in [0.15, 0.2) is 36.4 Å². The van der Waals surface area contributed by atoms with Gasteiger partial charge in [-0.1, -0.05) is 51.1 Å². The standard InChI is InChI=1S/C16H18F3N/c1-15(2,3)13-7-6-10-8-12(5-4-11(10)9-13)14(20)16(17,18)19/h4-9,14H,20H2,1-3H3/t14-/m0/s1. The van der Waals surface area contributed by atoms with Crippen molar-refractivity contribution in [3.8, 4) is 0 Å². The van der Waals surface area contributed by atoms with Crippen LogP contribution in [0, 0.1) is 0 Å². The molecule has 1 atom stereocenters. The molecule has 0 amide bonds. The molecule has 0 bridgehead atoms. The first-order chi connectivity index (χ1) is 9.09. The fourth-order valence-electron chi connectivity index (χ4n) is 2.11. The Balaban J connectivity index is 2.47. The van der Waals surface area contributed by atoms with Gasteiger partial charge >= 0.3 is 6.18 Å². The van der Waals surface area contributed by atoms with Crippen LogP contribution in [0.3, 0.4) is 0 Å². The van der Waals surface area contributed by atoms with Crippen LogP contribution in [-0.4, -0.2) is 6.18 Å². The third-order valence-corrected chi connectivity index (χ3v) is 3.44. The number of halogens is 3. The van der Waals surface area contributed by atoms with Crippen LogP contribution in [0.5, 0.6) is 0 Å². The molecular formula is C16H18F3N. The van der Waals surface area contributed by atoms with Gasteiger partial charge < -0.3 is 5.73 Å². The Morgan fingerprint density at radius 2 is 1.45 bits per heavy atom. The molecule has 20 heavy (non-hydrogen) atoms. The van der Waals surface area contributed by atoms with E-state index in [2.05, 4.69) is 20.8 Å². The molecule has 2 rings (SSSR count). The zero-order valence-electron chi connectivity index (χ0n) is 11.8. The average Bonchev–Trinajstić information content (AvgIpc) is 2.34. The van der Waals surface area contributed by atoms with Crippen molar-refractivity contribution in [1.29, 1.82) is 0 Å². The highest BCUT2D eigenvalue weighted by Gasteiger charge is 2.37. The van der Waals surface area contributed by atoms with Crippen LogP contribution in [0.25, 0.3) is 10.8 Å². The number of rotatable bonds is 1. The van der Waals surface area contributed by atoms with Gasteiger partial charge in [-0.15, -0.1) is 0 Å². The van der Waals surface area contributed by atoms with E-state index >= 15 is 0 Å². The quantitative estimate of drug-likeness (QED) is 0.805. The van der Waals surface area contributed by atoms with Gasteiger partial charge in [-0.3, -0.25) is 0 Å². The first kappa shape index (κ1) is 14.9. The summed E-state index contributed by atoms with van der Waals surface area (Å²) in [5.41, 5.74) is 6.49. The number of nitrogens with two attached hydrogens (primary N) is 1. The molecule has 0 saturated carbocycles. The van der Waals surface area contributed by atoms with Gasteiger partial charge in [0.2, 0.25) is 0 Å². The number of fused-ring (bicyclic) bond motifs is 1. The van der Waals surface area contributed by atoms with Gasteiger partial charge in [0.15, 0.2) is 0 Å². The van der Waals surface area contributed by atoms with E-state index in [9.17, 15) is 13.2 Å². The molecule has 0 aliphatic carbocycles. The Bertz CT molecular complexity index is 624. The number of hydrogen-bond donors (Lipinski definition) is 1.